The van der Waals surface area contributed by atoms with Crippen molar-refractivity contribution in [3.63, 3.8) is 0 Å². The second-order valence-electron chi connectivity index (χ2n) is 3.92. The van der Waals surface area contributed by atoms with Crippen LogP contribution in [0, 0.1) is 0 Å². The van der Waals surface area contributed by atoms with Crippen LogP contribution < -0.4 is 23.8 Å². The molecular formula is C8H19BF4LiNO3S. The first kappa shape index (κ1) is 24.3. The molecule has 11 heteroatoms. The average molecular weight is 303 g/mol. The van der Waals surface area contributed by atoms with Crippen molar-refractivity contribution in [3.05, 3.63) is 0 Å². The van der Waals surface area contributed by atoms with Gasteiger partial charge in [-0.25, -0.2) is 8.42 Å². The normalized spacial score (nSPS) is 15.5. The minimum Gasteiger partial charge on any atom is -0.748 e. The largest absolute Gasteiger partial charge is 1.00 e. The smallest absolute Gasteiger partial charge is 0.748 e. The molecule has 0 aliphatic carbocycles. The van der Waals surface area contributed by atoms with E-state index in [1.807, 2.05) is 0 Å². The van der Waals surface area contributed by atoms with Crippen molar-refractivity contribution in [1.82, 2.24) is 0 Å². The SMILES string of the molecule is CCCS(=O)(=O)[O-].C[NH+]1CCCC1.F[B-](F)(F)F.[Li+]. The van der Waals surface area contributed by atoms with Gasteiger partial charge in [0.1, 0.15) is 0 Å². The number of nitrogens with one attached hydrogen (secondary N) is 1. The van der Waals surface area contributed by atoms with Crippen LogP contribution in [0.25, 0.3) is 0 Å². The van der Waals surface area contributed by atoms with Crippen molar-refractivity contribution in [2.45, 2.75) is 26.2 Å². The molecule has 1 rings (SSSR count). The summed E-state index contributed by atoms with van der Waals surface area (Å²) >= 11 is 0. The van der Waals surface area contributed by atoms with E-state index >= 15 is 0 Å². The molecule has 19 heavy (non-hydrogen) atoms. The standard InChI is InChI=1S/C5H11N.C3H8O3S.BF4.Li/c1-6-4-2-3-5-6;1-2-3-7(4,5)6;2-1(3,4)5;/h2-5H2,1H3;2-3H2,1H3,(H,4,5,6);;/q;;-1;+1. The molecule has 1 aliphatic heterocycles. The Kier molecular flexibility index (Phi) is 15.4. The molecule has 1 N–H and O–H groups in total. The van der Waals surface area contributed by atoms with Gasteiger partial charge in [-0.2, -0.15) is 0 Å². The van der Waals surface area contributed by atoms with Crippen molar-refractivity contribution >= 4 is 17.4 Å². The van der Waals surface area contributed by atoms with Gasteiger partial charge in [-0.15, -0.1) is 0 Å². The molecule has 1 fully saturated rings. The van der Waals surface area contributed by atoms with Gasteiger partial charge in [-0.1, -0.05) is 6.92 Å². The molecule has 0 atom stereocenters. The van der Waals surface area contributed by atoms with Crippen LogP contribution in [0.15, 0.2) is 0 Å². The summed E-state index contributed by atoms with van der Waals surface area (Å²) in [5, 5.41) is 0. The van der Waals surface area contributed by atoms with Crippen LogP contribution in [0.3, 0.4) is 0 Å². The van der Waals surface area contributed by atoms with E-state index in [-0.39, 0.29) is 24.6 Å². The zero-order valence-electron chi connectivity index (χ0n) is 11.5. The van der Waals surface area contributed by atoms with Crippen LogP contribution >= 0.6 is 0 Å². The Labute approximate surface area is 124 Å². The van der Waals surface area contributed by atoms with Crippen LogP contribution in [-0.2, 0) is 10.1 Å². The van der Waals surface area contributed by atoms with Crippen molar-refractivity contribution in [3.8, 4) is 0 Å². The van der Waals surface area contributed by atoms with Gasteiger partial charge in [0.25, 0.3) is 0 Å². The zero-order valence-corrected chi connectivity index (χ0v) is 12.3. The Morgan fingerprint density at radius 2 is 1.47 bits per heavy atom. The van der Waals surface area contributed by atoms with E-state index < -0.39 is 17.4 Å². The molecule has 0 spiro atoms. The minimum absolute atomic E-state index is 0. The fourth-order valence-electron chi connectivity index (χ4n) is 1.23. The average Bonchev–Trinajstić information content (AvgIpc) is 2.51. The first-order valence-electron chi connectivity index (χ1n) is 5.58. The van der Waals surface area contributed by atoms with Crippen molar-refractivity contribution < 1.29 is 54.0 Å². The molecule has 0 aromatic carbocycles. The Hall–Kier alpha value is 0.252. The van der Waals surface area contributed by atoms with Crippen LogP contribution in [0.1, 0.15) is 26.2 Å². The van der Waals surface area contributed by atoms with Crippen LogP contribution in [0.5, 0.6) is 0 Å². The Balaban J connectivity index is -0.000000200. The summed E-state index contributed by atoms with van der Waals surface area (Å²) in [7, 11) is -7.67. The minimum atomic E-state index is -6.00. The van der Waals surface area contributed by atoms with E-state index in [0.29, 0.717) is 6.42 Å². The second kappa shape index (κ2) is 12.0. The van der Waals surface area contributed by atoms with Gasteiger partial charge in [0, 0.05) is 18.6 Å². The van der Waals surface area contributed by atoms with Gasteiger partial charge in [0.05, 0.1) is 30.3 Å². The summed E-state index contributed by atoms with van der Waals surface area (Å²) in [6, 6.07) is 0. The predicted molar refractivity (Wildman–Crippen MR) is 60.9 cm³/mol. The number of likely N-dealkylation sites (tertiary alicyclic amines) is 1. The Morgan fingerprint density at radius 3 is 1.53 bits per heavy atom. The van der Waals surface area contributed by atoms with E-state index in [1.54, 1.807) is 11.8 Å². The summed E-state index contributed by atoms with van der Waals surface area (Å²) in [6.45, 7) is 4.45. The third-order valence-corrected chi connectivity index (χ3v) is 2.82. The molecule has 0 saturated carbocycles. The summed E-state index contributed by atoms with van der Waals surface area (Å²) in [5.41, 5.74) is 0. The van der Waals surface area contributed by atoms with Gasteiger partial charge in [0.2, 0.25) is 0 Å². The number of halogens is 4. The van der Waals surface area contributed by atoms with E-state index in [4.69, 9.17) is 0 Å². The number of hydrogen-bond acceptors (Lipinski definition) is 3. The third-order valence-electron chi connectivity index (χ3n) is 1.91. The predicted octanol–water partition coefficient (Wildman–Crippen LogP) is -2.46. The van der Waals surface area contributed by atoms with Crippen molar-refractivity contribution in [2.24, 2.45) is 0 Å². The molecule has 1 saturated heterocycles. The molecule has 0 aromatic rings. The van der Waals surface area contributed by atoms with Gasteiger partial charge in [0.15, 0.2) is 0 Å². The molecule has 1 heterocycles. The quantitative estimate of drug-likeness (QED) is 0.350. The molecule has 0 radical (unpaired) electrons. The van der Waals surface area contributed by atoms with Crippen molar-refractivity contribution in [2.75, 3.05) is 25.9 Å². The molecule has 1 aliphatic rings. The summed E-state index contributed by atoms with van der Waals surface area (Å²) < 4.78 is 68.0. The fraction of sp³-hybridized carbons (Fsp3) is 1.00. The molecule has 0 aromatic heterocycles. The van der Waals surface area contributed by atoms with Crippen LogP contribution in [0.2, 0.25) is 0 Å². The van der Waals surface area contributed by atoms with Crippen LogP contribution in [0.4, 0.5) is 17.3 Å². The van der Waals surface area contributed by atoms with Crippen molar-refractivity contribution in [1.29, 1.82) is 0 Å². The molecule has 112 valence electrons. The molecule has 0 bridgehead atoms. The summed E-state index contributed by atoms with van der Waals surface area (Å²) in [6.07, 6.45) is 3.31. The maximum absolute atomic E-state index is 9.75. The third kappa shape index (κ3) is 38.1. The van der Waals surface area contributed by atoms with Gasteiger partial charge in [-0.3, -0.25) is 0 Å². The number of quaternary nitrogens is 1. The summed E-state index contributed by atoms with van der Waals surface area (Å²) in [4.78, 5) is 1.70. The maximum Gasteiger partial charge on any atom is 1.00 e. The first-order valence-corrected chi connectivity index (χ1v) is 7.15. The Bertz CT molecular complexity index is 291. The number of rotatable bonds is 2. The van der Waals surface area contributed by atoms with E-state index in [0.717, 1.165) is 0 Å². The molecule has 0 amide bonds. The van der Waals surface area contributed by atoms with Gasteiger partial charge >= 0.3 is 26.1 Å². The number of hydrogen-bond donors (Lipinski definition) is 1. The van der Waals surface area contributed by atoms with E-state index in [9.17, 15) is 30.2 Å². The fourth-order valence-corrected chi connectivity index (χ4v) is 1.73. The van der Waals surface area contributed by atoms with E-state index in [2.05, 4.69) is 7.05 Å². The topological polar surface area (TPSA) is 61.6 Å². The maximum atomic E-state index is 9.75. The molecule has 0 unspecified atom stereocenters. The zero-order chi connectivity index (χ0) is 14.8. The summed E-state index contributed by atoms with van der Waals surface area (Å²) in [5.74, 6) is -0.243. The molecular weight excluding hydrogens is 284 g/mol. The van der Waals surface area contributed by atoms with Crippen LogP contribution in [-0.4, -0.2) is 46.1 Å². The molecule has 4 nitrogen and oxygen atoms in total. The monoisotopic (exact) mass is 303 g/mol. The Morgan fingerprint density at radius 1 is 1.16 bits per heavy atom. The van der Waals surface area contributed by atoms with Gasteiger partial charge < -0.3 is 26.7 Å². The van der Waals surface area contributed by atoms with E-state index in [1.165, 1.54) is 25.9 Å². The second-order valence-corrected chi connectivity index (χ2v) is 5.44. The first-order chi connectivity index (χ1) is 7.95. The van der Waals surface area contributed by atoms with Gasteiger partial charge in [-0.05, 0) is 6.42 Å².